The van der Waals surface area contributed by atoms with Crippen LogP contribution in [0.3, 0.4) is 0 Å². The number of hydrogen-bond acceptors (Lipinski definition) is 6. The fourth-order valence-electron chi connectivity index (χ4n) is 2.96. The normalized spacial score (nSPS) is 17.8. The lowest BCUT2D eigenvalue weighted by Gasteiger charge is -2.35. The Hall–Kier alpha value is -0.860. The van der Waals surface area contributed by atoms with Gasteiger partial charge in [-0.25, -0.2) is 9.97 Å². The van der Waals surface area contributed by atoms with E-state index in [-0.39, 0.29) is 43.1 Å². The Morgan fingerprint density at radius 1 is 0.960 bits per heavy atom. The Balaban J connectivity index is 0.00000192. The van der Waals surface area contributed by atoms with Crippen molar-refractivity contribution in [2.24, 2.45) is 0 Å². The molecule has 7 nitrogen and oxygen atoms in total. The van der Waals surface area contributed by atoms with Crippen molar-refractivity contribution < 1.29 is 4.79 Å². The van der Waals surface area contributed by atoms with E-state index in [9.17, 15) is 4.79 Å². The van der Waals surface area contributed by atoms with Gasteiger partial charge in [-0.1, -0.05) is 0 Å². The van der Waals surface area contributed by atoms with Crippen LogP contribution in [0, 0.1) is 0 Å². The van der Waals surface area contributed by atoms with Crippen LogP contribution in [0.25, 0.3) is 0 Å². The van der Waals surface area contributed by atoms with E-state index >= 15 is 0 Å². The number of piperazine rings is 2. The topological polar surface area (TPSA) is 64.6 Å². The molecule has 0 unspecified atom stereocenters. The Labute approximate surface area is 167 Å². The van der Waals surface area contributed by atoms with E-state index in [1.807, 2.05) is 11.0 Å². The molecule has 0 spiro atoms. The van der Waals surface area contributed by atoms with Gasteiger partial charge >= 0.3 is 0 Å². The van der Waals surface area contributed by atoms with Crippen LogP contribution in [0.5, 0.6) is 0 Å². The summed E-state index contributed by atoms with van der Waals surface area (Å²) in [5.41, 5.74) is 0. The minimum Gasteiger partial charge on any atom is -0.339 e. The molecule has 0 radical (unpaired) electrons. The Bertz CT molecular complexity index is 481. The van der Waals surface area contributed by atoms with Gasteiger partial charge in [0.05, 0.1) is 0 Å². The highest BCUT2D eigenvalue weighted by Gasteiger charge is 2.22. The van der Waals surface area contributed by atoms with Crippen LogP contribution in [0.1, 0.15) is 6.42 Å². The van der Waals surface area contributed by atoms with Crippen molar-refractivity contribution in [1.29, 1.82) is 0 Å². The molecular formula is C15H27Cl3N6O. The number of aromatic nitrogens is 2. The lowest BCUT2D eigenvalue weighted by molar-refractivity contribution is -0.131. The van der Waals surface area contributed by atoms with Crippen LogP contribution in [-0.4, -0.2) is 84.6 Å². The van der Waals surface area contributed by atoms with Crippen LogP contribution < -0.4 is 10.2 Å². The largest absolute Gasteiger partial charge is 0.339 e. The molecule has 1 amide bonds. The highest BCUT2D eigenvalue weighted by Crippen LogP contribution is 2.10. The summed E-state index contributed by atoms with van der Waals surface area (Å²) in [4.78, 5) is 27.3. The molecule has 2 saturated heterocycles. The molecule has 2 aliphatic heterocycles. The van der Waals surface area contributed by atoms with Gasteiger partial charge in [-0.15, -0.1) is 37.2 Å². The lowest BCUT2D eigenvalue weighted by Crippen LogP contribution is -2.50. The number of carbonyl (C=O) groups excluding carboxylic acids is 1. The van der Waals surface area contributed by atoms with Gasteiger partial charge < -0.3 is 20.0 Å². The number of halogens is 3. The Morgan fingerprint density at radius 3 is 2.16 bits per heavy atom. The average Bonchev–Trinajstić information content (AvgIpc) is 2.61. The minimum absolute atomic E-state index is 0. The van der Waals surface area contributed by atoms with Gasteiger partial charge in [0.2, 0.25) is 11.9 Å². The third-order valence-corrected chi connectivity index (χ3v) is 4.32. The summed E-state index contributed by atoms with van der Waals surface area (Å²) >= 11 is 0. The van der Waals surface area contributed by atoms with Crippen LogP contribution in [0.2, 0.25) is 0 Å². The van der Waals surface area contributed by atoms with Gasteiger partial charge in [0.1, 0.15) is 0 Å². The van der Waals surface area contributed by atoms with Gasteiger partial charge in [0.25, 0.3) is 0 Å². The van der Waals surface area contributed by atoms with E-state index in [4.69, 9.17) is 0 Å². The quantitative estimate of drug-likeness (QED) is 0.783. The standard InChI is InChI=1S/C15H24N6O.3ClH/c22-14(2-7-19-8-5-16-6-9-19)20-10-12-21(13-11-20)15-17-3-1-4-18-15;;;/h1,3-4,16H,2,5-13H2;3*1H. The van der Waals surface area contributed by atoms with E-state index in [2.05, 4.69) is 25.1 Å². The lowest BCUT2D eigenvalue weighted by atomic mass is 10.2. The highest BCUT2D eigenvalue weighted by atomic mass is 35.5. The monoisotopic (exact) mass is 412 g/mol. The second kappa shape index (κ2) is 12.5. The second-order valence-corrected chi connectivity index (χ2v) is 5.76. The number of nitrogens with zero attached hydrogens (tertiary/aromatic N) is 5. The molecule has 1 aromatic heterocycles. The van der Waals surface area contributed by atoms with Crippen molar-refractivity contribution >= 4 is 49.1 Å². The smallest absolute Gasteiger partial charge is 0.225 e. The number of amides is 1. The van der Waals surface area contributed by atoms with Crippen molar-refractivity contribution in [1.82, 2.24) is 25.1 Å². The summed E-state index contributed by atoms with van der Waals surface area (Å²) in [6, 6.07) is 1.82. The van der Waals surface area contributed by atoms with Gasteiger partial charge in [0.15, 0.2) is 0 Å². The zero-order valence-electron chi connectivity index (χ0n) is 14.2. The number of rotatable bonds is 4. The molecule has 2 fully saturated rings. The molecule has 0 aromatic carbocycles. The summed E-state index contributed by atoms with van der Waals surface area (Å²) in [6.45, 7) is 8.18. The summed E-state index contributed by atoms with van der Waals surface area (Å²) in [7, 11) is 0. The molecule has 1 N–H and O–H groups in total. The molecule has 0 aliphatic carbocycles. The van der Waals surface area contributed by atoms with E-state index < -0.39 is 0 Å². The first-order valence-electron chi connectivity index (χ1n) is 8.06. The van der Waals surface area contributed by atoms with Crippen molar-refractivity contribution in [3.05, 3.63) is 18.5 Å². The molecule has 3 heterocycles. The van der Waals surface area contributed by atoms with Gasteiger partial charge in [-0.3, -0.25) is 4.79 Å². The molecule has 10 heteroatoms. The zero-order valence-corrected chi connectivity index (χ0v) is 16.6. The maximum Gasteiger partial charge on any atom is 0.225 e. The zero-order chi connectivity index (χ0) is 15.2. The third-order valence-electron chi connectivity index (χ3n) is 4.32. The first-order valence-corrected chi connectivity index (χ1v) is 8.06. The first kappa shape index (κ1) is 24.1. The van der Waals surface area contributed by atoms with Gasteiger partial charge in [-0.05, 0) is 6.07 Å². The molecule has 1 aromatic rings. The van der Waals surface area contributed by atoms with E-state index in [0.717, 1.165) is 64.9 Å². The number of carbonyl (C=O) groups is 1. The molecule has 0 bridgehead atoms. The molecule has 0 saturated carbocycles. The number of anilines is 1. The molecule has 2 aliphatic rings. The second-order valence-electron chi connectivity index (χ2n) is 5.76. The van der Waals surface area contributed by atoms with Crippen LogP contribution >= 0.6 is 37.2 Å². The van der Waals surface area contributed by atoms with Crippen molar-refractivity contribution in [2.45, 2.75) is 6.42 Å². The molecule has 0 atom stereocenters. The third kappa shape index (κ3) is 7.11. The van der Waals surface area contributed by atoms with Gasteiger partial charge in [-0.2, -0.15) is 0 Å². The molecule has 144 valence electrons. The summed E-state index contributed by atoms with van der Waals surface area (Å²) in [5, 5.41) is 3.33. The predicted molar refractivity (Wildman–Crippen MR) is 106 cm³/mol. The van der Waals surface area contributed by atoms with Crippen LogP contribution in [-0.2, 0) is 4.79 Å². The summed E-state index contributed by atoms with van der Waals surface area (Å²) < 4.78 is 0. The predicted octanol–water partition coefficient (Wildman–Crippen LogP) is 0.686. The van der Waals surface area contributed by atoms with Crippen LogP contribution in [0.15, 0.2) is 18.5 Å². The van der Waals surface area contributed by atoms with Gasteiger partial charge in [0, 0.05) is 77.7 Å². The average molecular weight is 414 g/mol. The molecular weight excluding hydrogens is 387 g/mol. The van der Waals surface area contributed by atoms with E-state index in [1.165, 1.54) is 0 Å². The minimum atomic E-state index is 0. The first-order chi connectivity index (χ1) is 10.8. The number of hydrogen-bond donors (Lipinski definition) is 1. The maximum atomic E-state index is 12.3. The maximum absolute atomic E-state index is 12.3. The Morgan fingerprint density at radius 2 is 1.56 bits per heavy atom. The van der Waals surface area contributed by atoms with Crippen molar-refractivity contribution in [3.8, 4) is 0 Å². The van der Waals surface area contributed by atoms with Crippen molar-refractivity contribution in [3.63, 3.8) is 0 Å². The SMILES string of the molecule is Cl.Cl.Cl.O=C(CCN1CCNCC1)N1CCN(c2ncccn2)CC1. The Kier molecular flexibility index (Phi) is 12.1. The number of nitrogens with one attached hydrogen (secondary N) is 1. The van der Waals surface area contributed by atoms with Crippen LogP contribution in [0.4, 0.5) is 5.95 Å². The van der Waals surface area contributed by atoms with E-state index in [0.29, 0.717) is 6.42 Å². The fourth-order valence-corrected chi connectivity index (χ4v) is 2.96. The summed E-state index contributed by atoms with van der Waals surface area (Å²) in [5.74, 6) is 1.03. The van der Waals surface area contributed by atoms with E-state index in [1.54, 1.807) is 12.4 Å². The molecule has 3 rings (SSSR count). The summed E-state index contributed by atoms with van der Waals surface area (Å²) in [6.07, 6.45) is 4.14. The van der Waals surface area contributed by atoms with Crippen molar-refractivity contribution in [2.75, 3.05) is 63.8 Å². The molecule has 25 heavy (non-hydrogen) atoms. The fraction of sp³-hybridized carbons (Fsp3) is 0.667. The highest BCUT2D eigenvalue weighted by molar-refractivity contribution is 5.86.